The molecule has 1 aliphatic rings. The Hall–Kier alpha value is -1.20. The molecule has 0 spiro atoms. The van der Waals surface area contributed by atoms with Crippen molar-refractivity contribution in [2.75, 3.05) is 6.61 Å². The monoisotopic (exact) mass is 327 g/mol. The van der Waals surface area contributed by atoms with Crippen molar-refractivity contribution in [3.05, 3.63) is 46.2 Å². The second-order valence-corrected chi connectivity index (χ2v) is 5.52. The minimum Gasteiger partial charge on any atom is -0.396 e. The van der Waals surface area contributed by atoms with Crippen LogP contribution in [0.4, 0.5) is 4.39 Å². The molecule has 0 unspecified atom stereocenters. The van der Waals surface area contributed by atoms with Crippen molar-refractivity contribution in [3.63, 3.8) is 0 Å². The van der Waals surface area contributed by atoms with Crippen LogP contribution in [0.1, 0.15) is 12.0 Å². The van der Waals surface area contributed by atoms with Gasteiger partial charge in [-0.3, -0.25) is 4.79 Å². The van der Waals surface area contributed by atoms with Crippen LogP contribution >= 0.6 is 15.9 Å². The van der Waals surface area contributed by atoms with Crippen molar-refractivity contribution >= 4 is 21.8 Å². The molecule has 0 bridgehead atoms. The van der Waals surface area contributed by atoms with E-state index in [-0.39, 0.29) is 36.7 Å². The van der Waals surface area contributed by atoms with Crippen LogP contribution in [0.3, 0.4) is 0 Å². The number of aliphatic hydroxyl groups is 1. The fourth-order valence-electron chi connectivity index (χ4n) is 2.11. The number of aliphatic hydroxyl groups excluding tert-OH is 1. The summed E-state index contributed by atoms with van der Waals surface area (Å²) in [4.78, 5) is 11.8. The predicted molar refractivity (Wildman–Crippen MR) is 74.1 cm³/mol. The number of benzene rings is 1. The first-order chi connectivity index (χ1) is 9.08. The third kappa shape index (κ3) is 3.88. The molecule has 0 saturated heterocycles. The first-order valence-electron chi connectivity index (χ1n) is 6.11. The van der Waals surface area contributed by atoms with Gasteiger partial charge < -0.3 is 10.4 Å². The van der Waals surface area contributed by atoms with E-state index in [0.717, 1.165) is 12.0 Å². The zero-order valence-corrected chi connectivity index (χ0v) is 11.9. The van der Waals surface area contributed by atoms with Gasteiger partial charge in [-0.05, 0) is 40.0 Å². The maximum absolute atomic E-state index is 13.1. The zero-order valence-electron chi connectivity index (χ0n) is 10.3. The van der Waals surface area contributed by atoms with E-state index >= 15 is 0 Å². The lowest BCUT2D eigenvalue weighted by atomic mass is 10.1. The molecule has 3 nitrogen and oxygen atoms in total. The number of hydrogen-bond donors (Lipinski definition) is 2. The molecule has 0 aliphatic heterocycles. The van der Waals surface area contributed by atoms with Crippen molar-refractivity contribution in [3.8, 4) is 0 Å². The number of amides is 1. The van der Waals surface area contributed by atoms with Gasteiger partial charge in [0.2, 0.25) is 5.91 Å². The Morgan fingerprint density at radius 1 is 1.47 bits per heavy atom. The Kier molecular flexibility index (Phi) is 4.71. The molecule has 19 heavy (non-hydrogen) atoms. The molecule has 0 heterocycles. The summed E-state index contributed by atoms with van der Waals surface area (Å²) >= 11 is 3.10. The van der Waals surface area contributed by atoms with Crippen molar-refractivity contribution < 1.29 is 14.3 Å². The van der Waals surface area contributed by atoms with Crippen LogP contribution in [0.15, 0.2) is 34.8 Å². The lowest BCUT2D eigenvalue weighted by Gasteiger charge is -2.12. The highest BCUT2D eigenvalue weighted by Crippen LogP contribution is 2.19. The van der Waals surface area contributed by atoms with Gasteiger partial charge in [-0.1, -0.05) is 18.2 Å². The van der Waals surface area contributed by atoms with Gasteiger partial charge in [0.15, 0.2) is 0 Å². The molecular formula is C14H15BrFNO2. The van der Waals surface area contributed by atoms with Gasteiger partial charge in [-0.25, -0.2) is 4.39 Å². The van der Waals surface area contributed by atoms with E-state index in [2.05, 4.69) is 21.2 Å². The summed E-state index contributed by atoms with van der Waals surface area (Å²) < 4.78 is 13.4. The zero-order chi connectivity index (χ0) is 13.8. The molecule has 2 atom stereocenters. The summed E-state index contributed by atoms with van der Waals surface area (Å²) in [5.74, 6) is -0.314. The number of rotatable bonds is 4. The summed E-state index contributed by atoms with van der Waals surface area (Å²) in [6, 6.07) is 4.52. The van der Waals surface area contributed by atoms with Crippen LogP contribution in [0, 0.1) is 11.7 Å². The molecule has 102 valence electrons. The molecule has 1 amide bonds. The number of nitrogens with one attached hydrogen (secondary N) is 1. The molecule has 0 radical (unpaired) electrons. The quantitative estimate of drug-likeness (QED) is 0.833. The van der Waals surface area contributed by atoms with Crippen LogP contribution in [-0.4, -0.2) is 23.7 Å². The molecule has 1 aliphatic carbocycles. The van der Waals surface area contributed by atoms with Crippen LogP contribution in [0.2, 0.25) is 0 Å². The van der Waals surface area contributed by atoms with Crippen molar-refractivity contribution in [2.45, 2.75) is 18.9 Å². The largest absolute Gasteiger partial charge is 0.396 e. The van der Waals surface area contributed by atoms with Gasteiger partial charge in [0.05, 0.1) is 10.9 Å². The van der Waals surface area contributed by atoms with Crippen LogP contribution in [0.25, 0.3) is 0 Å². The molecule has 0 fully saturated rings. The fourth-order valence-corrected chi connectivity index (χ4v) is 2.54. The molecule has 2 rings (SSSR count). The maximum Gasteiger partial charge on any atom is 0.224 e. The van der Waals surface area contributed by atoms with Gasteiger partial charge in [-0.2, -0.15) is 0 Å². The van der Waals surface area contributed by atoms with Crippen molar-refractivity contribution in [1.29, 1.82) is 0 Å². The highest BCUT2D eigenvalue weighted by molar-refractivity contribution is 9.10. The Morgan fingerprint density at radius 3 is 2.89 bits per heavy atom. The first kappa shape index (κ1) is 14.2. The van der Waals surface area contributed by atoms with E-state index in [1.807, 2.05) is 12.2 Å². The molecule has 1 aromatic carbocycles. The van der Waals surface area contributed by atoms with Crippen molar-refractivity contribution in [2.24, 2.45) is 5.92 Å². The second-order valence-electron chi connectivity index (χ2n) is 4.66. The third-order valence-electron chi connectivity index (χ3n) is 3.10. The molecular weight excluding hydrogens is 313 g/mol. The smallest absolute Gasteiger partial charge is 0.224 e. The molecule has 5 heteroatoms. The number of carbonyl (C=O) groups is 1. The molecule has 0 saturated carbocycles. The van der Waals surface area contributed by atoms with E-state index < -0.39 is 0 Å². The summed E-state index contributed by atoms with van der Waals surface area (Å²) in [7, 11) is 0. The number of hydrogen-bond acceptors (Lipinski definition) is 2. The average Bonchev–Trinajstić information content (AvgIpc) is 2.81. The SMILES string of the molecule is O=C(Cc1ccc(F)c(Br)c1)N[C@@H]1C=C[C@H](CO)C1. The van der Waals surface area contributed by atoms with E-state index in [4.69, 9.17) is 5.11 Å². The van der Waals surface area contributed by atoms with Crippen LogP contribution in [0.5, 0.6) is 0 Å². The van der Waals surface area contributed by atoms with Gasteiger partial charge in [0, 0.05) is 18.6 Å². The average molecular weight is 328 g/mol. The van der Waals surface area contributed by atoms with E-state index in [9.17, 15) is 9.18 Å². The normalized spacial score (nSPS) is 21.6. The Balaban J connectivity index is 1.88. The minimum absolute atomic E-state index is 0.0199. The van der Waals surface area contributed by atoms with Gasteiger partial charge in [-0.15, -0.1) is 0 Å². The maximum atomic E-state index is 13.1. The van der Waals surface area contributed by atoms with E-state index in [1.165, 1.54) is 6.07 Å². The minimum atomic E-state index is -0.339. The fraction of sp³-hybridized carbons (Fsp3) is 0.357. The molecule has 1 aromatic rings. The van der Waals surface area contributed by atoms with Gasteiger partial charge in [0.25, 0.3) is 0 Å². The highest BCUT2D eigenvalue weighted by atomic mass is 79.9. The molecule has 2 N–H and O–H groups in total. The first-order valence-corrected chi connectivity index (χ1v) is 6.90. The van der Waals surface area contributed by atoms with E-state index in [1.54, 1.807) is 12.1 Å². The highest BCUT2D eigenvalue weighted by Gasteiger charge is 2.19. The molecule has 0 aromatic heterocycles. The number of carbonyl (C=O) groups excluding carboxylic acids is 1. The van der Waals surface area contributed by atoms with E-state index in [0.29, 0.717) is 4.47 Å². The second kappa shape index (κ2) is 6.30. The topological polar surface area (TPSA) is 49.3 Å². The number of halogens is 2. The van der Waals surface area contributed by atoms with Gasteiger partial charge >= 0.3 is 0 Å². The summed E-state index contributed by atoms with van der Waals surface area (Å²) in [6.07, 6.45) is 4.77. The predicted octanol–water partition coefficient (Wildman–Crippen LogP) is 2.18. The summed E-state index contributed by atoms with van der Waals surface area (Å²) in [5, 5.41) is 11.9. The standard InChI is InChI=1S/C14H15BrFNO2/c15-12-6-9(2-4-13(12)16)7-14(19)17-11-3-1-10(5-11)8-18/h1-4,6,10-11,18H,5,7-8H2,(H,17,19)/t10-,11+/m0/s1. The Labute approximate surface area is 119 Å². The lowest BCUT2D eigenvalue weighted by Crippen LogP contribution is -2.34. The van der Waals surface area contributed by atoms with Crippen LogP contribution < -0.4 is 5.32 Å². The van der Waals surface area contributed by atoms with Crippen LogP contribution in [-0.2, 0) is 11.2 Å². The summed E-state index contributed by atoms with van der Waals surface area (Å²) in [6.45, 7) is 0.105. The summed E-state index contributed by atoms with van der Waals surface area (Å²) in [5.41, 5.74) is 0.756. The Bertz CT molecular complexity index is 504. The van der Waals surface area contributed by atoms with Crippen molar-refractivity contribution in [1.82, 2.24) is 5.32 Å². The lowest BCUT2D eigenvalue weighted by molar-refractivity contribution is -0.120. The third-order valence-corrected chi connectivity index (χ3v) is 3.71. The Morgan fingerprint density at radius 2 is 2.26 bits per heavy atom. The van der Waals surface area contributed by atoms with Gasteiger partial charge in [0.1, 0.15) is 5.82 Å².